The van der Waals surface area contributed by atoms with Gasteiger partial charge in [0.15, 0.2) is 0 Å². The van der Waals surface area contributed by atoms with Gasteiger partial charge in [-0.15, -0.1) is 0 Å². The SMILES string of the molecule is CCN(C)c1ncn(-c2c(C)cccc2Br)c(=O)n1. The molecule has 0 aliphatic carbocycles. The molecule has 0 spiro atoms. The number of benzene rings is 1. The molecule has 2 rings (SSSR count). The summed E-state index contributed by atoms with van der Waals surface area (Å²) in [4.78, 5) is 22.2. The molecule has 0 N–H and O–H groups in total. The molecule has 0 bridgehead atoms. The van der Waals surface area contributed by atoms with Gasteiger partial charge < -0.3 is 4.90 Å². The molecule has 0 saturated heterocycles. The van der Waals surface area contributed by atoms with Crippen LogP contribution < -0.4 is 10.6 Å². The second-order valence-electron chi connectivity index (χ2n) is 4.23. The van der Waals surface area contributed by atoms with Gasteiger partial charge in [0.25, 0.3) is 0 Å². The summed E-state index contributed by atoms with van der Waals surface area (Å²) in [6.45, 7) is 4.67. The second kappa shape index (κ2) is 5.52. The zero-order chi connectivity index (χ0) is 14.0. The molecule has 0 aliphatic heterocycles. The maximum atomic E-state index is 12.1. The molecule has 1 aromatic heterocycles. The zero-order valence-electron chi connectivity index (χ0n) is 11.1. The van der Waals surface area contributed by atoms with Crippen LogP contribution in [0.1, 0.15) is 12.5 Å². The second-order valence-corrected chi connectivity index (χ2v) is 5.08. The lowest BCUT2D eigenvalue weighted by atomic mass is 10.2. The minimum absolute atomic E-state index is 0.333. The first kappa shape index (κ1) is 13.7. The summed E-state index contributed by atoms with van der Waals surface area (Å²) >= 11 is 3.45. The Balaban J connectivity index is 2.56. The van der Waals surface area contributed by atoms with Crippen LogP contribution in [0.5, 0.6) is 0 Å². The third-order valence-electron chi connectivity index (χ3n) is 2.94. The van der Waals surface area contributed by atoms with Crippen LogP contribution in [0, 0.1) is 6.92 Å². The summed E-state index contributed by atoms with van der Waals surface area (Å²) in [5.74, 6) is 0.438. The Morgan fingerprint density at radius 1 is 1.42 bits per heavy atom. The molecule has 0 aliphatic rings. The average molecular weight is 323 g/mol. The summed E-state index contributed by atoms with van der Waals surface area (Å²) in [5, 5.41) is 0. The molecule has 6 heteroatoms. The molecule has 0 fully saturated rings. The fraction of sp³-hybridized carbons (Fsp3) is 0.308. The summed E-state index contributed by atoms with van der Waals surface area (Å²) in [6.07, 6.45) is 1.52. The number of anilines is 1. The zero-order valence-corrected chi connectivity index (χ0v) is 12.7. The van der Waals surface area contributed by atoms with Crippen LogP contribution >= 0.6 is 15.9 Å². The van der Waals surface area contributed by atoms with Crippen LogP contribution in [0.15, 0.2) is 33.8 Å². The highest BCUT2D eigenvalue weighted by Gasteiger charge is 2.10. The van der Waals surface area contributed by atoms with Gasteiger partial charge in [0.1, 0.15) is 6.33 Å². The van der Waals surface area contributed by atoms with E-state index in [1.165, 1.54) is 10.9 Å². The lowest BCUT2D eigenvalue weighted by Crippen LogP contribution is -2.28. The van der Waals surface area contributed by atoms with E-state index in [0.29, 0.717) is 5.95 Å². The number of rotatable bonds is 3. The standard InChI is InChI=1S/C13H15BrN4O/c1-4-17(3)12-15-8-18(13(19)16-12)11-9(2)6-5-7-10(11)14/h5-8H,4H2,1-3H3. The first-order chi connectivity index (χ1) is 9.04. The predicted octanol–water partition coefficient (Wildman–Crippen LogP) is 2.15. The van der Waals surface area contributed by atoms with E-state index in [1.807, 2.05) is 44.0 Å². The van der Waals surface area contributed by atoms with Gasteiger partial charge in [0, 0.05) is 18.1 Å². The van der Waals surface area contributed by atoms with E-state index in [0.717, 1.165) is 22.3 Å². The van der Waals surface area contributed by atoms with Crippen molar-refractivity contribution in [3.8, 4) is 5.69 Å². The van der Waals surface area contributed by atoms with Crippen LogP contribution in [0.4, 0.5) is 5.95 Å². The monoisotopic (exact) mass is 322 g/mol. The van der Waals surface area contributed by atoms with Crippen LogP contribution in [-0.2, 0) is 0 Å². The molecule has 5 nitrogen and oxygen atoms in total. The van der Waals surface area contributed by atoms with E-state index >= 15 is 0 Å². The fourth-order valence-corrected chi connectivity index (χ4v) is 2.39. The predicted molar refractivity (Wildman–Crippen MR) is 79.0 cm³/mol. The van der Waals surface area contributed by atoms with Crippen LogP contribution in [0.2, 0.25) is 0 Å². The van der Waals surface area contributed by atoms with Crippen molar-refractivity contribution in [3.05, 3.63) is 45.0 Å². The number of aryl methyl sites for hydroxylation is 1. The van der Waals surface area contributed by atoms with Gasteiger partial charge in [0.05, 0.1) is 5.69 Å². The van der Waals surface area contributed by atoms with Crippen molar-refractivity contribution in [1.29, 1.82) is 0 Å². The lowest BCUT2D eigenvalue weighted by Gasteiger charge is -2.15. The van der Waals surface area contributed by atoms with Crippen molar-refractivity contribution in [3.63, 3.8) is 0 Å². The number of halogens is 1. The van der Waals surface area contributed by atoms with E-state index in [4.69, 9.17) is 0 Å². The van der Waals surface area contributed by atoms with Crippen molar-refractivity contribution >= 4 is 21.9 Å². The molecule has 0 amide bonds. The van der Waals surface area contributed by atoms with Crippen LogP contribution in [-0.4, -0.2) is 28.1 Å². The molecule has 0 radical (unpaired) electrons. The lowest BCUT2D eigenvalue weighted by molar-refractivity contribution is 0.807. The fourth-order valence-electron chi connectivity index (χ4n) is 1.73. The minimum Gasteiger partial charge on any atom is -0.344 e. The first-order valence-corrected chi connectivity index (χ1v) is 6.76. The third-order valence-corrected chi connectivity index (χ3v) is 3.58. The van der Waals surface area contributed by atoms with Crippen molar-refractivity contribution in [2.75, 3.05) is 18.5 Å². The Morgan fingerprint density at radius 3 is 2.74 bits per heavy atom. The number of hydrogen-bond acceptors (Lipinski definition) is 4. The maximum Gasteiger partial charge on any atom is 0.356 e. The van der Waals surface area contributed by atoms with Gasteiger partial charge in [-0.1, -0.05) is 12.1 Å². The van der Waals surface area contributed by atoms with E-state index in [-0.39, 0.29) is 5.69 Å². The molecule has 2 aromatic rings. The Bertz CT molecular complexity index is 633. The third kappa shape index (κ3) is 2.68. The normalized spacial score (nSPS) is 10.5. The van der Waals surface area contributed by atoms with Crippen molar-refractivity contribution in [2.24, 2.45) is 0 Å². The van der Waals surface area contributed by atoms with Gasteiger partial charge in [-0.05, 0) is 41.4 Å². The summed E-state index contributed by atoms with van der Waals surface area (Å²) in [5.41, 5.74) is 1.43. The Hall–Kier alpha value is -1.69. The van der Waals surface area contributed by atoms with E-state index in [1.54, 1.807) is 0 Å². The van der Waals surface area contributed by atoms with E-state index in [9.17, 15) is 4.79 Å². The Morgan fingerprint density at radius 2 is 2.16 bits per heavy atom. The molecule has 1 aromatic carbocycles. The smallest absolute Gasteiger partial charge is 0.344 e. The topological polar surface area (TPSA) is 51.0 Å². The quantitative estimate of drug-likeness (QED) is 0.868. The van der Waals surface area contributed by atoms with Gasteiger partial charge in [-0.2, -0.15) is 4.98 Å². The average Bonchev–Trinajstić information content (AvgIpc) is 2.39. The van der Waals surface area contributed by atoms with Crippen molar-refractivity contribution in [2.45, 2.75) is 13.8 Å². The van der Waals surface area contributed by atoms with E-state index < -0.39 is 0 Å². The number of aromatic nitrogens is 3. The molecule has 1 heterocycles. The van der Waals surface area contributed by atoms with Gasteiger partial charge in [0.2, 0.25) is 5.95 Å². The van der Waals surface area contributed by atoms with Gasteiger partial charge in [-0.25, -0.2) is 14.3 Å². The summed E-state index contributed by atoms with van der Waals surface area (Å²) in [6, 6.07) is 5.76. The Kier molecular flexibility index (Phi) is 3.99. The number of hydrogen-bond donors (Lipinski definition) is 0. The van der Waals surface area contributed by atoms with Crippen molar-refractivity contribution < 1.29 is 0 Å². The Labute approximate surface area is 120 Å². The maximum absolute atomic E-state index is 12.1. The highest BCUT2D eigenvalue weighted by molar-refractivity contribution is 9.10. The largest absolute Gasteiger partial charge is 0.356 e. The van der Waals surface area contributed by atoms with Gasteiger partial charge in [-0.3, -0.25) is 0 Å². The summed E-state index contributed by atoms with van der Waals surface area (Å²) in [7, 11) is 1.85. The molecule has 0 unspecified atom stereocenters. The van der Waals surface area contributed by atoms with E-state index in [2.05, 4.69) is 25.9 Å². The molecule has 0 saturated carbocycles. The molecule has 100 valence electrons. The van der Waals surface area contributed by atoms with Crippen LogP contribution in [0.3, 0.4) is 0 Å². The highest BCUT2D eigenvalue weighted by Crippen LogP contribution is 2.22. The van der Waals surface area contributed by atoms with Gasteiger partial charge >= 0.3 is 5.69 Å². The van der Waals surface area contributed by atoms with Crippen molar-refractivity contribution in [1.82, 2.24) is 14.5 Å². The van der Waals surface area contributed by atoms with Crippen LogP contribution in [0.25, 0.3) is 5.69 Å². The molecule has 19 heavy (non-hydrogen) atoms. The minimum atomic E-state index is -0.333. The molecular weight excluding hydrogens is 308 g/mol. The summed E-state index contributed by atoms with van der Waals surface area (Å²) < 4.78 is 2.29. The number of para-hydroxylation sites is 1. The number of nitrogens with zero attached hydrogens (tertiary/aromatic N) is 4. The molecule has 0 atom stereocenters. The highest BCUT2D eigenvalue weighted by atomic mass is 79.9. The molecular formula is C13H15BrN4O. The first-order valence-electron chi connectivity index (χ1n) is 5.97.